The summed E-state index contributed by atoms with van der Waals surface area (Å²) in [5.74, 6) is -0.155. The van der Waals surface area contributed by atoms with Crippen molar-refractivity contribution in [2.45, 2.75) is 82.4 Å². The highest BCUT2D eigenvalue weighted by Crippen LogP contribution is 2.16. The number of rotatable bonds is 14. The van der Waals surface area contributed by atoms with Crippen LogP contribution >= 0.6 is 0 Å². The van der Waals surface area contributed by atoms with Crippen LogP contribution in [0.2, 0.25) is 0 Å². The molecule has 0 spiro atoms. The number of carbonyl (C=O) groups is 1. The molecule has 0 saturated heterocycles. The van der Waals surface area contributed by atoms with Gasteiger partial charge in [0.25, 0.3) is 10.1 Å². The summed E-state index contributed by atoms with van der Waals surface area (Å²) >= 11 is 0. The Morgan fingerprint density at radius 2 is 1.48 bits per heavy atom. The number of ether oxygens (including phenoxy) is 1. The van der Waals surface area contributed by atoms with E-state index in [2.05, 4.69) is 6.92 Å². The smallest absolute Gasteiger partial charge is 0.315 e. The molecule has 0 aliphatic carbocycles. The van der Waals surface area contributed by atoms with Crippen molar-refractivity contribution in [1.82, 2.24) is 0 Å². The fourth-order valence-corrected chi connectivity index (χ4v) is 3.20. The molecule has 0 saturated carbocycles. The molecule has 1 rings (SSSR count). The first-order chi connectivity index (χ1) is 12.9. The highest BCUT2D eigenvalue weighted by Gasteiger charge is 2.09. The second-order valence-corrected chi connectivity index (χ2v) is 8.13. The third-order valence-electron chi connectivity index (χ3n) is 4.28. The number of allylic oxidation sites excluding steroid dienone is 1. The standard InChI is InChI=1S/C21H32O5S/c1-2-3-4-5-6-7-8-9-10-11-12-13-14-21(22)26-19-15-17-20(18-16-19)27(23,24)25/h12-13,15-18H,2-11,14H2,1H3,(H,23,24,25). The largest absolute Gasteiger partial charge is 0.426 e. The number of esters is 1. The van der Waals surface area contributed by atoms with E-state index in [-0.39, 0.29) is 17.1 Å². The molecule has 0 aromatic heterocycles. The summed E-state index contributed by atoms with van der Waals surface area (Å²) in [6, 6.07) is 5.06. The Morgan fingerprint density at radius 1 is 0.926 bits per heavy atom. The Labute approximate surface area is 163 Å². The summed E-state index contributed by atoms with van der Waals surface area (Å²) in [5.41, 5.74) is 0. The molecule has 1 N–H and O–H groups in total. The summed E-state index contributed by atoms with van der Waals surface area (Å²) in [6.45, 7) is 2.23. The minimum atomic E-state index is -4.23. The van der Waals surface area contributed by atoms with Crippen molar-refractivity contribution >= 4 is 16.1 Å². The van der Waals surface area contributed by atoms with Crippen molar-refractivity contribution in [3.63, 3.8) is 0 Å². The van der Waals surface area contributed by atoms with Crippen molar-refractivity contribution in [3.05, 3.63) is 36.4 Å². The van der Waals surface area contributed by atoms with Gasteiger partial charge in [-0.2, -0.15) is 8.42 Å². The van der Waals surface area contributed by atoms with E-state index in [4.69, 9.17) is 9.29 Å². The van der Waals surface area contributed by atoms with Crippen molar-refractivity contribution in [2.24, 2.45) is 0 Å². The van der Waals surface area contributed by atoms with Crippen LogP contribution < -0.4 is 4.74 Å². The Kier molecular flexibility index (Phi) is 11.7. The average molecular weight is 397 g/mol. The first kappa shape index (κ1) is 23.4. The normalized spacial score (nSPS) is 11.8. The lowest BCUT2D eigenvalue weighted by molar-refractivity contribution is -0.133. The van der Waals surface area contributed by atoms with Gasteiger partial charge in [0.1, 0.15) is 5.75 Å². The number of carbonyl (C=O) groups excluding carboxylic acids is 1. The van der Waals surface area contributed by atoms with Gasteiger partial charge in [-0.05, 0) is 37.1 Å². The highest BCUT2D eigenvalue weighted by atomic mass is 32.2. The maximum absolute atomic E-state index is 11.7. The second kappa shape index (κ2) is 13.5. The van der Waals surface area contributed by atoms with Gasteiger partial charge in [0, 0.05) is 0 Å². The topological polar surface area (TPSA) is 80.7 Å². The minimum absolute atomic E-state index is 0.178. The van der Waals surface area contributed by atoms with Gasteiger partial charge in [-0.25, -0.2) is 0 Å². The number of hydrogen-bond donors (Lipinski definition) is 1. The van der Waals surface area contributed by atoms with E-state index >= 15 is 0 Å². The minimum Gasteiger partial charge on any atom is -0.426 e. The van der Waals surface area contributed by atoms with E-state index in [1.165, 1.54) is 75.6 Å². The summed E-state index contributed by atoms with van der Waals surface area (Å²) in [6.07, 6.45) is 16.6. The third-order valence-corrected chi connectivity index (χ3v) is 5.15. The summed E-state index contributed by atoms with van der Waals surface area (Å²) in [4.78, 5) is 11.5. The van der Waals surface area contributed by atoms with Crippen molar-refractivity contribution < 1.29 is 22.5 Å². The Bertz CT molecular complexity index is 662. The molecular weight excluding hydrogens is 364 g/mol. The molecule has 152 valence electrons. The molecule has 0 bridgehead atoms. The van der Waals surface area contributed by atoms with Gasteiger partial charge in [0.05, 0.1) is 11.3 Å². The van der Waals surface area contributed by atoms with Gasteiger partial charge in [-0.15, -0.1) is 0 Å². The van der Waals surface area contributed by atoms with Crippen LogP contribution in [0.4, 0.5) is 0 Å². The van der Waals surface area contributed by atoms with Gasteiger partial charge in [-0.3, -0.25) is 9.35 Å². The molecule has 1 aromatic rings. The maximum atomic E-state index is 11.7. The van der Waals surface area contributed by atoms with Crippen LogP contribution in [0.3, 0.4) is 0 Å². The predicted octanol–water partition coefficient (Wildman–Crippen LogP) is 5.71. The van der Waals surface area contributed by atoms with Crippen LogP contribution in [0.25, 0.3) is 0 Å². The zero-order valence-electron chi connectivity index (χ0n) is 16.2. The third kappa shape index (κ3) is 11.6. The Hall–Kier alpha value is -1.66. The lowest BCUT2D eigenvalue weighted by Crippen LogP contribution is -2.06. The van der Waals surface area contributed by atoms with Crippen molar-refractivity contribution in [3.8, 4) is 5.75 Å². The van der Waals surface area contributed by atoms with Crippen LogP contribution in [-0.2, 0) is 14.9 Å². The first-order valence-electron chi connectivity index (χ1n) is 9.86. The van der Waals surface area contributed by atoms with E-state index in [1.54, 1.807) is 6.08 Å². The summed E-state index contributed by atoms with van der Waals surface area (Å²) in [5, 5.41) is 0. The zero-order valence-corrected chi connectivity index (χ0v) is 17.0. The van der Waals surface area contributed by atoms with Gasteiger partial charge in [-0.1, -0.05) is 70.4 Å². The molecule has 0 aliphatic rings. The van der Waals surface area contributed by atoms with Gasteiger partial charge in [0.2, 0.25) is 0 Å². The Morgan fingerprint density at radius 3 is 2.04 bits per heavy atom. The fraction of sp³-hybridized carbons (Fsp3) is 0.571. The maximum Gasteiger partial charge on any atom is 0.315 e. The molecule has 0 amide bonds. The van der Waals surface area contributed by atoms with Gasteiger partial charge in [0.15, 0.2) is 0 Å². The van der Waals surface area contributed by atoms with Crippen LogP contribution in [0.15, 0.2) is 41.3 Å². The average Bonchev–Trinajstić information content (AvgIpc) is 2.62. The fourth-order valence-electron chi connectivity index (χ4n) is 2.72. The van der Waals surface area contributed by atoms with E-state index < -0.39 is 16.1 Å². The summed E-state index contributed by atoms with van der Waals surface area (Å²) < 4.78 is 35.9. The van der Waals surface area contributed by atoms with Crippen molar-refractivity contribution in [2.75, 3.05) is 0 Å². The molecule has 6 heteroatoms. The van der Waals surface area contributed by atoms with E-state index in [1.807, 2.05) is 6.08 Å². The number of unbranched alkanes of at least 4 members (excludes halogenated alkanes) is 9. The van der Waals surface area contributed by atoms with Crippen molar-refractivity contribution in [1.29, 1.82) is 0 Å². The number of hydrogen-bond acceptors (Lipinski definition) is 4. The molecule has 0 unspecified atom stereocenters. The number of benzene rings is 1. The highest BCUT2D eigenvalue weighted by molar-refractivity contribution is 7.85. The van der Waals surface area contributed by atoms with Crippen LogP contribution in [0, 0.1) is 0 Å². The van der Waals surface area contributed by atoms with Crippen LogP contribution in [-0.4, -0.2) is 18.9 Å². The second-order valence-electron chi connectivity index (χ2n) is 6.71. The van der Waals surface area contributed by atoms with Gasteiger partial charge < -0.3 is 4.74 Å². The molecule has 0 radical (unpaired) electrons. The monoisotopic (exact) mass is 396 g/mol. The lowest BCUT2D eigenvalue weighted by Gasteiger charge is -2.03. The predicted molar refractivity (Wildman–Crippen MR) is 107 cm³/mol. The zero-order chi connectivity index (χ0) is 20.0. The molecule has 0 fully saturated rings. The lowest BCUT2D eigenvalue weighted by atomic mass is 10.1. The molecule has 0 aliphatic heterocycles. The van der Waals surface area contributed by atoms with E-state index in [0.29, 0.717) is 0 Å². The SMILES string of the molecule is CCCCCCCCCCCC=CCC(=O)Oc1ccc(S(=O)(=O)O)cc1. The molecule has 0 atom stereocenters. The van der Waals surface area contributed by atoms with E-state index in [9.17, 15) is 13.2 Å². The molecule has 1 aromatic carbocycles. The summed E-state index contributed by atoms with van der Waals surface area (Å²) in [7, 11) is -4.23. The molecular formula is C21H32O5S. The molecule has 27 heavy (non-hydrogen) atoms. The van der Waals surface area contributed by atoms with Crippen LogP contribution in [0.5, 0.6) is 5.75 Å². The quantitative estimate of drug-likeness (QED) is 0.143. The molecule has 5 nitrogen and oxygen atoms in total. The first-order valence-corrected chi connectivity index (χ1v) is 11.3. The Balaban J connectivity index is 2.09. The van der Waals surface area contributed by atoms with E-state index in [0.717, 1.165) is 12.8 Å². The van der Waals surface area contributed by atoms with Gasteiger partial charge >= 0.3 is 5.97 Å². The molecule has 0 heterocycles. The van der Waals surface area contributed by atoms with Crippen LogP contribution in [0.1, 0.15) is 77.6 Å².